The van der Waals surface area contributed by atoms with Crippen molar-refractivity contribution in [2.45, 2.75) is 12.6 Å². The third-order valence-corrected chi connectivity index (χ3v) is 4.82. The number of rotatable bonds is 6. The lowest BCUT2D eigenvalue weighted by atomic mass is 10.1. The molecule has 23 heavy (non-hydrogen) atoms. The highest BCUT2D eigenvalue weighted by Gasteiger charge is 2.30. The van der Waals surface area contributed by atoms with E-state index in [1.165, 1.54) is 7.05 Å². The summed E-state index contributed by atoms with van der Waals surface area (Å²) in [5.74, 6) is -0.354. The fourth-order valence-corrected chi connectivity index (χ4v) is 2.84. The van der Waals surface area contributed by atoms with Crippen molar-refractivity contribution in [3.63, 3.8) is 0 Å². The predicted molar refractivity (Wildman–Crippen MR) is 90.1 cm³/mol. The average Bonchev–Trinajstić information content (AvgIpc) is 2.54. The summed E-state index contributed by atoms with van der Waals surface area (Å²) in [6.07, 6.45) is 1.09. The molecule has 1 atom stereocenters. The van der Waals surface area contributed by atoms with Gasteiger partial charge in [-0.25, -0.2) is 8.42 Å². The van der Waals surface area contributed by atoms with E-state index in [4.69, 9.17) is 0 Å². The van der Waals surface area contributed by atoms with Crippen molar-refractivity contribution in [3.05, 3.63) is 71.8 Å². The number of sulfonamides is 1. The number of hydrogen-bond acceptors (Lipinski definition) is 3. The molecular formula is C17H20N2O3S. The molecule has 0 aromatic heterocycles. The minimum Gasteiger partial charge on any atom is -0.350 e. The van der Waals surface area contributed by atoms with Crippen LogP contribution in [0.1, 0.15) is 17.2 Å². The van der Waals surface area contributed by atoms with Crippen molar-refractivity contribution in [2.24, 2.45) is 0 Å². The van der Waals surface area contributed by atoms with Crippen molar-refractivity contribution in [2.75, 3.05) is 13.3 Å². The van der Waals surface area contributed by atoms with E-state index in [2.05, 4.69) is 5.32 Å². The molecule has 0 fully saturated rings. The smallest absolute Gasteiger partial charge is 0.243 e. The Morgan fingerprint density at radius 2 is 1.57 bits per heavy atom. The Morgan fingerprint density at radius 3 is 2.09 bits per heavy atom. The molecule has 0 aliphatic rings. The van der Waals surface area contributed by atoms with Crippen LogP contribution in [0, 0.1) is 0 Å². The summed E-state index contributed by atoms with van der Waals surface area (Å²) in [6.45, 7) is 0.348. The standard InChI is InChI=1S/C17H20N2O3S/c1-19(23(2,21)22)16(15-11-7-4-8-12-15)17(20)18-13-14-9-5-3-6-10-14/h3-12,16H,13H2,1-2H3,(H,18,20)/t16-/m0/s1. The van der Waals surface area contributed by atoms with Gasteiger partial charge < -0.3 is 5.32 Å². The monoisotopic (exact) mass is 332 g/mol. The predicted octanol–water partition coefficient (Wildman–Crippen LogP) is 1.94. The number of benzene rings is 2. The van der Waals surface area contributed by atoms with Gasteiger partial charge in [-0.3, -0.25) is 4.79 Å². The van der Waals surface area contributed by atoms with Gasteiger partial charge >= 0.3 is 0 Å². The Morgan fingerprint density at radius 1 is 1.04 bits per heavy atom. The van der Waals surface area contributed by atoms with E-state index < -0.39 is 16.1 Å². The van der Waals surface area contributed by atoms with Gasteiger partial charge in [0.1, 0.15) is 6.04 Å². The molecule has 2 rings (SSSR count). The first-order valence-corrected chi connectivity index (χ1v) is 9.04. The first-order valence-electron chi connectivity index (χ1n) is 7.19. The largest absolute Gasteiger partial charge is 0.350 e. The van der Waals surface area contributed by atoms with E-state index in [-0.39, 0.29) is 5.91 Å². The van der Waals surface area contributed by atoms with Crippen LogP contribution in [0.15, 0.2) is 60.7 Å². The molecule has 6 heteroatoms. The van der Waals surface area contributed by atoms with Crippen molar-refractivity contribution in [1.29, 1.82) is 0 Å². The zero-order valence-corrected chi connectivity index (χ0v) is 14.0. The van der Waals surface area contributed by atoms with Crippen LogP contribution in [0.5, 0.6) is 0 Å². The Bertz CT molecular complexity index is 746. The summed E-state index contributed by atoms with van der Waals surface area (Å²) in [4.78, 5) is 12.6. The molecule has 2 aromatic rings. The highest BCUT2D eigenvalue weighted by atomic mass is 32.2. The maximum Gasteiger partial charge on any atom is 0.243 e. The molecule has 0 saturated heterocycles. The number of carbonyl (C=O) groups excluding carboxylic acids is 1. The van der Waals surface area contributed by atoms with Gasteiger partial charge in [-0.2, -0.15) is 4.31 Å². The molecule has 0 bridgehead atoms. The maximum absolute atomic E-state index is 12.6. The van der Waals surface area contributed by atoms with E-state index >= 15 is 0 Å². The summed E-state index contributed by atoms with van der Waals surface area (Å²) in [7, 11) is -2.09. The Balaban J connectivity index is 2.21. The van der Waals surface area contributed by atoms with Crippen LogP contribution in [0.2, 0.25) is 0 Å². The van der Waals surface area contributed by atoms with Crippen LogP contribution in [0.3, 0.4) is 0 Å². The van der Waals surface area contributed by atoms with Crippen molar-refractivity contribution in [3.8, 4) is 0 Å². The van der Waals surface area contributed by atoms with Gasteiger partial charge in [0.05, 0.1) is 6.26 Å². The van der Waals surface area contributed by atoms with Gasteiger partial charge in [0, 0.05) is 13.6 Å². The van der Waals surface area contributed by atoms with Crippen molar-refractivity contribution in [1.82, 2.24) is 9.62 Å². The van der Waals surface area contributed by atoms with E-state index in [0.717, 1.165) is 16.1 Å². The molecule has 0 heterocycles. The SMILES string of the molecule is CN([C@H](C(=O)NCc1ccccc1)c1ccccc1)S(C)(=O)=O. The van der Waals surface area contributed by atoms with Gasteiger partial charge in [0.15, 0.2) is 0 Å². The van der Waals surface area contributed by atoms with Crippen LogP contribution in [-0.2, 0) is 21.4 Å². The number of carbonyl (C=O) groups is 1. The third kappa shape index (κ3) is 4.64. The van der Waals surface area contributed by atoms with Gasteiger partial charge in [-0.15, -0.1) is 0 Å². The highest BCUT2D eigenvalue weighted by Crippen LogP contribution is 2.22. The number of likely N-dealkylation sites (N-methyl/N-ethyl adjacent to an activating group) is 1. The molecule has 1 amide bonds. The zero-order valence-electron chi connectivity index (χ0n) is 13.1. The van der Waals surface area contributed by atoms with E-state index in [9.17, 15) is 13.2 Å². The summed E-state index contributed by atoms with van der Waals surface area (Å²) >= 11 is 0. The van der Waals surface area contributed by atoms with Gasteiger partial charge in [0.2, 0.25) is 15.9 Å². The highest BCUT2D eigenvalue weighted by molar-refractivity contribution is 7.88. The molecule has 0 saturated carbocycles. The first kappa shape index (κ1) is 17.2. The number of amides is 1. The average molecular weight is 332 g/mol. The molecule has 0 spiro atoms. The minimum atomic E-state index is -3.51. The molecule has 5 nitrogen and oxygen atoms in total. The second kappa shape index (κ2) is 7.39. The molecule has 0 aliphatic carbocycles. The third-order valence-electron chi connectivity index (χ3n) is 3.56. The van der Waals surface area contributed by atoms with Gasteiger partial charge in [0.25, 0.3) is 0 Å². The van der Waals surface area contributed by atoms with Crippen LogP contribution >= 0.6 is 0 Å². The Hall–Kier alpha value is -2.18. The molecular weight excluding hydrogens is 312 g/mol. The van der Waals surface area contributed by atoms with Gasteiger partial charge in [-0.05, 0) is 11.1 Å². The lowest BCUT2D eigenvalue weighted by molar-refractivity contribution is -0.124. The molecule has 0 radical (unpaired) electrons. The lowest BCUT2D eigenvalue weighted by Crippen LogP contribution is -2.41. The van der Waals surface area contributed by atoms with Crippen molar-refractivity contribution >= 4 is 15.9 Å². The first-order chi connectivity index (χ1) is 10.9. The fourth-order valence-electron chi connectivity index (χ4n) is 2.23. The molecule has 0 unspecified atom stereocenters. The van der Waals surface area contributed by atoms with E-state index in [1.807, 2.05) is 36.4 Å². The second-order valence-corrected chi connectivity index (χ2v) is 7.34. The number of nitrogens with one attached hydrogen (secondary N) is 1. The van der Waals surface area contributed by atoms with Crippen molar-refractivity contribution < 1.29 is 13.2 Å². The summed E-state index contributed by atoms with van der Waals surface area (Å²) in [5.41, 5.74) is 1.58. The molecule has 0 aliphatic heterocycles. The molecule has 2 aromatic carbocycles. The minimum absolute atomic E-state index is 0.348. The van der Waals surface area contributed by atoms with Crippen LogP contribution in [0.4, 0.5) is 0 Å². The molecule has 1 N–H and O–H groups in total. The Labute approximate surface area is 137 Å². The van der Waals surface area contributed by atoms with Gasteiger partial charge in [-0.1, -0.05) is 60.7 Å². The number of nitrogens with zero attached hydrogens (tertiary/aromatic N) is 1. The number of hydrogen-bond donors (Lipinski definition) is 1. The normalized spacial score (nSPS) is 12.8. The maximum atomic E-state index is 12.6. The van der Waals surface area contributed by atoms with E-state index in [1.54, 1.807) is 24.3 Å². The Kier molecular flexibility index (Phi) is 5.52. The fraction of sp³-hybridized carbons (Fsp3) is 0.235. The van der Waals surface area contributed by atoms with Crippen LogP contribution in [0.25, 0.3) is 0 Å². The van der Waals surface area contributed by atoms with Crippen LogP contribution < -0.4 is 5.32 Å². The summed E-state index contributed by atoms with van der Waals surface area (Å²) in [6, 6.07) is 17.5. The second-order valence-electron chi connectivity index (χ2n) is 5.30. The van der Waals surface area contributed by atoms with E-state index in [0.29, 0.717) is 12.1 Å². The zero-order chi connectivity index (χ0) is 16.9. The topological polar surface area (TPSA) is 66.5 Å². The summed E-state index contributed by atoms with van der Waals surface area (Å²) in [5, 5.41) is 2.81. The lowest BCUT2D eigenvalue weighted by Gasteiger charge is -2.25. The quantitative estimate of drug-likeness (QED) is 0.879. The summed E-state index contributed by atoms with van der Waals surface area (Å²) < 4.78 is 24.8. The molecule has 122 valence electrons. The van der Waals surface area contributed by atoms with Crippen LogP contribution in [-0.4, -0.2) is 31.9 Å².